The number of halogens is 4. The summed E-state index contributed by atoms with van der Waals surface area (Å²) < 4.78 is 44.7. The van der Waals surface area contributed by atoms with E-state index < -0.39 is 29.2 Å². The van der Waals surface area contributed by atoms with Crippen LogP contribution in [0.5, 0.6) is 5.75 Å². The highest BCUT2D eigenvalue weighted by Crippen LogP contribution is 2.36. The number of fused-ring (bicyclic) bond motifs is 1. The highest BCUT2D eigenvalue weighted by Gasteiger charge is 2.32. The van der Waals surface area contributed by atoms with Crippen LogP contribution in [-0.2, 0) is 17.6 Å². The van der Waals surface area contributed by atoms with Gasteiger partial charge in [-0.1, -0.05) is 35.9 Å². The Morgan fingerprint density at radius 3 is 2.41 bits per heavy atom. The lowest BCUT2D eigenvalue weighted by Gasteiger charge is -2.22. The Morgan fingerprint density at radius 2 is 1.78 bits per heavy atom. The molecule has 1 heterocycles. The van der Waals surface area contributed by atoms with Crippen LogP contribution in [0.4, 0.5) is 13.2 Å². The number of amides is 1. The molecule has 0 aliphatic heterocycles. The summed E-state index contributed by atoms with van der Waals surface area (Å²) in [7, 11) is 0. The van der Waals surface area contributed by atoms with E-state index in [1.54, 1.807) is 24.3 Å². The number of carbonyl (C=O) groups excluding carboxylic acids is 1. The number of pyridine rings is 1. The largest absolute Gasteiger partial charge is 0.486 e. The lowest BCUT2D eigenvalue weighted by Crippen LogP contribution is -2.49. The van der Waals surface area contributed by atoms with Gasteiger partial charge < -0.3 is 15.2 Å². The van der Waals surface area contributed by atoms with E-state index in [-0.39, 0.29) is 28.6 Å². The van der Waals surface area contributed by atoms with Crippen molar-refractivity contribution in [2.75, 3.05) is 0 Å². The molecule has 0 aliphatic rings. The van der Waals surface area contributed by atoms with E-state index in [2.05, 4.69) is 10.3 Å². The number of benzene rings is 2. The van der Waals surface area contributed by atoms with E-state index in [0.717, 1.165) is 18.3 Å². The molecule has 2 aromatic carbocycles. The lowest BCUT2D eigenvalue weighted by atomic mass is 10.0. The summed E-state index contributed by atoms with van der Waals surface area (Å²) in [6.45, 7) is 2.25. The molecule has 0 bridgehead atoms. The van der Waals surface area contributed by atoms with Gasteiger partial charge in [0.15, 0.2) is 0 Å². The maximum absolute atomic E-state index is 13.0. The SMILES string of the molecule is CC(C)(NC(=O)c1cc(Cl)c2ccccc2c1OCc1cc(C(F)(F)F)ccn1)C(=O)O. The minimum atomic E-state index is -4.54. The van der Waals surface area contributed by atoms with Crippen LogP contribution in [0, 0.1) is 0 Å². The predicted molar refractivity (Wildman–Crippen MR) is 112 cm³/mol. The van der Waals surface area contributed by atoms with Crippen molar-refractivity contribution in [1.82, 2.24) is 10.3 Å². The number of ether oxygens (including phenoxy) is 1. The first-order chi connectivity index (χ1) is 14.9. The van der Waals surface area contributed by atoms with Crippen molar-refractivity contribution in [2.45, 2.75) is 32.2 Å². The van der Waals surface area contributed by atoms with Gasteiger partial charge in [-0.3, -0.25) is 9.78 Å². The number of hydrogen-bond donors (Lipinski definition) is 2. The van der Waals surface area contributed by atoms with Gasteiger partial charge in [-0.25, -0.2) is 4.79 Å². The molecule has 168 valence electrons. The van der Waals surface area contributed by atoms with Crippen molar-refractivity contribution in [1.29, 1.82) is 0 Å². The van der Waals surface area contributed by atoms with Crippen LogP contribution in [0.25, 0.3) is 10.8 Å². The standard InChI is InChI=1S/C22H18ClF3N2O4/c1-21(2,20(30)31)28-19(29)16-10-17(23)14-5-3-4-6-15(14)18(16)32-11-13-9-12(7-8-27-13)22(24,25)26/h3-10H,11H2,1-2H3,(H,28,29)(H,30,31). The number of carboxylic acid groups (broad SMARTS) is 1. The first-order valence-electron chi connectivity index (χ1n) is 9.32. The molecule has 10 heteroatoms. The molecule has 2 N–H and O–H groups in total. The van der Waals surface area contributed by atoms with Crippen molar-refractivity contribution < 1.29 is 32.6 Å². The van der Waals surface area contributed by atoms with Crippen LogP contribution in [0.1, 0.15) is 35.5 Å². The monoisotopic (exact) mass is 466 g/mol. The molecular formula is C22H18ClF3N2O4. The highest BCUT2D eigenvalue weighted by molar-refractivity contribution is 6.36. The van der Waals surface area contributed by atoms with Gasteiger partial charge in [0, 0.05) is 22.0 Å². The van der Waals surface area contributed by atoms with Crippen molar-refractivity contribution >= 4 is 34.2 Å². The fourth-order valence-corrected chi connectivity index (χ4v) is 3.19. The fraction of sp³-hybridized carbons (Fsp3) is 0.227. The van der Waals surface area contributed by atoms with Gasteiger partial charge in [0.05, 0.1) is 16.8 Å². The Kier molecular flexibility index (Phi) is 6.32. The van der Waals surface area contributed by atoms with E-state index >= 15 is 0 Å². The van der Waals surface area contributed by atoms with Gasteiger partial charge in [-0.2, -0.15) is 13.2 Å². The molecule has 32 heavy (non-hydrogen) atoms. The summed E-state index contributed by atoms with van der Waals surface area (Å²) >= 11 is 6.31. The number of nitrogens with one attached hydrogen (secondary N) is 1. The zero-order valence-electron chi connectivity index (χ0n) is 17.0. The van der Waals surface area contributed by atoms with E-state index in [9.17, 15) is 27.9 Å². The van der Waals surface area contributed by atoms with Gasteiger partial charge >= 0.3 is 12.1 Å². The lowest BCUT2D eigenvalue weighted by molar-refractivity contribution is -0.143. The summed E-state index contributed by atoms with van der Waals surface area (Å²) in [5.41, 5.74) is -2.53. The molecule has 6 nitrogen and oxygen atoms in total. The topological polar surface area (TPSA) is 88.5 Å². The molecule has 0 aliphatic carbocycles. The Balaban J connectivity index is 2.03. The minimum Gasteiger partial charge on any atom is -0.486 e. The molecule has 0 spiro atoms. The first kappa shape index (κ1) is 23.3. The molecular weight excluding hydrogens is 449 g/mol. The molecule has 0 unspecified atom stereocenters. The van der Waals surface area contributed by atoms with E-state index in [0.29, 0.717) is 10.8 Å². The number of carbonyl (C=O) groups is 2. The third-order valence-electron chi connectivity index (χ3n) is 4.66. The summed E-state index contributed by atoms with van der Waals surface area (Å²) in [6.07, 6.45) is -3.53. The maximum Gasteiger partial charge on any atom is 0.416 e. The zero-order chi connectivity index (χ0) is 23.7. The third-order valence-corrected chi connectivity index (χ3v) is 4.97. The Hall–Kier alpha value is -3.33. The number of aromatic nitrogens is 1. The Morgan fingerprint density at radius 1 is 1.12 bits per heavy atom. The van der Waals surface area contributed by atoms with Gasteiger partial charge in [0.1, 0.15) is 17.9 Å². The van der Waals surface area contributed by atoms with Gasteiger partial charge in [0.2, 0.25) is 0 Å². The molecule has 0 fully saturated rings. The van der Waals surface area contributed by atoms with E-state index in [1.165, 1.54) is 19.9 Å². The summed E-state index contributed by atoms with van der Waals surface area (Å²) in [4.78, 5) is 28.2. The van der Waals surface area contributed by atoms with Crippen molar-refractivity contribution in [3.8, 4) is 5.75 Å². The van der Waals surface area contributed by atoms with Crippen LogP contribution in [-0.4, -0.2) is 27.5 Å². The zero-order valence-corrected chi connectivity index (χ0v) is 17.7. The van der Waals surface area contributed by atoms with E-state index in [4.69, 9.17) is 16.3 Å². The number of hydrogen-bond acceptors (Lipinski definition) is 4. The normalized spacial score (nSPS) is 11.9. The molecule has 3 rings (SSSR count). The van der Waals surface area contributed by atoms with Crippen LogP contribution >= 0.6 is 11.6 Å². The number of nitrogens with zero attached hydrogens (tertiary/aromatic N) is 1. The van der Waals surface area contributed by atoms with Crippen LogP contribution in [0.3, 0.4) is 0 Å². The van der Waals surface area contributed by atoms with Gasteiger partial charge in [-0.05, 0) is 32.0 Å². The number of alkyl halides is 3. The van der Waals surface area contributed by atoms with Crippen molar-refractivity contribution in [2.24, 2.45) is 0 Å². The molecule has 0 saturated heterocycles. The molecule has 1 amide bonds. The molecule has 0 radical (unpaired) electrons. The summed E-state index contributed by atoms with van der Waals surface area (Å²) in [6, 6.07) is 9.74. The smallest absolute Gasteiger partial charge is 0.416 e. The molecule has 0 atom stereocenters. The maximum atomic E-state index is 13.0. The first-order valence-corrected chi connectivity index (χ1v) is 9.70. The van der Waals surface area contributed by atoms with Crippen molar-refractivity contribution in [3.63, 3.8) is 0 Å². The van der Waals surface area contributed by atoms with Crippen LogP contribution in [0.15, 0.2) is 48.7 Å². The van der Waals surface area contributed by atoms with Crippen molar-refractivity contribution in [3.05, 3.63) is 70.5 Å². The fourth-order valence-electron chi connectivity index (χ4n) is 2.91. The van der Waals surface area contributed by atoms with Crippen LogP contribution in [0.2, 0.25) is 5.02 Å². The van der Waals surface area contributed by atoms with Gasteiger partial charge in [0.25, 0.3) is 5.91 Å². The quantitative estimate of drug-likeness (QED) is 0.529. The average Bonchev–Trinajstić information content (AvgIpc) is 2.72. The van der Waals surface area contributed by atoms with Gasteiger partial charge in [-0.15, -0.1) is 0 Å². The number of aliphatic carboxylic acids is 1. The highest BCUT2D eigenvalue weighted by atomic mass is 35.5. The molecule has 0 saturated carbocycles. The summed E-state index contributed by atoms with van der Waals surface area (Å²) in [5, 5.41) is 12.9. The van der Waals surface area contributed by atoms with Crippen LogP contribution < -0.4 is 10.1 Å². The second-order valence-electron chi connectivity index (χ2n) is 7.49. The van der Waals surface area contributed by atoms with E-state index in [1.807, 2.05) is 0 Å². The molecule has 3 aromatic rings. The average molecular weight is 467 g/mol. The minimum absolute atomic E-state index is 0.00363. The Labute approximate surface area is 186 Å². The predicted octanol–water partition coefficient (Wildman–Crippen LogP) is 5.08. The second kappa shape index (κ2) is 8.66. The summed E-state index contributed by atoms with van der Waals surface area (Å²) in [5.74, 6) is -1.98. The number of rotatable bonds is 6. The third kappa shape index (κ3) is 4.94. The number of carboxylic acids is 1. The Bertz CT molecular complexity index is 1200. The second-order valence-corrected chi connectivity index (χ2v) is 7.89. The molecule has 1 aromatic heterocycles.